The van der Waals surface area contributed by atoms with Crippen LogP contribution in [0.1, 0.15) is 18.1 Å². The molecular formula is C16H19NO2. The molecule has 0 aliphatic carbocycles. The third-order valence-corrected chi connectivity index (χ3v) is 3.08. The highest BCUT2D eigenvalue weighted by atomic mass is 16.5. The Hall–Kier alpha value is -1.87. The van der Waals surface area contributed by atoms with E-state index in [0.29, 0.717) is 12.8 Å². The number of aromatic nitrogens is 1. The van der Waals surface area contributed by atoms with Crippen molar-refractivity contribution in [2.24, 2.45) is 0 Å². The van der Waals surface area contributed by atoms with Crippen molar-refractivity contribution in [2.45, 2.75) is 25.4 Å². The van der Waals surface area contributed by atoms with Gasteiger partial charge < -0.3 is 9.84 Å². The molecule has 1 aromatic heterocycles. The molecule has 0 aliphatic rings. The van der Waals surface area contributed by atoms with E-state index in [4.69, 9.17) is 4.74 Å². The molecule has 1 heterocycles. The zero-order chi connectivity index (χ0) is 13.7. The van der Waals surface area contributed by atoms with Gasteiger partial charge in [-0.2, -0.15) is 0 Å². The van der Waals surface area contributed by atoms with E-state index in [9.17, 15) is 5.11 Å². The standard InChI is InChI=1S/C16H19NO2/c1-16(18,12-14-7-9-17-10-8-14)11-13-3-5-15(19-2)6-4-13/h3-10,18H,11-12H2,1-2H3. The second-order valence-electron chi connectivity index (χ2n) is 5.05. The molecule has 0 aliphatic heterocycles. The van der Waals surface area contributed by atoms with E-state index < -0.39 is 5.60 Å². The lowest BCUT2D eigenvalue weighted by Gasteiger charge is -2.23. The Kier molecular flexibility index (Phi) is 4.17. The van der Waals surface area contributed by atoms with E-state index in [0.717, 1.165) is 16.9 Å². The lowest BCUT2D eigenvalue weighted by Crippen LogP contribution is -2.30. The molecule has 2 rings (SSSR count). The third-order valence-electron chi connectivity index (χ3n) is 3.08. The van der Waals surface area contributed by atoms with E-state index in [1.54, 1.807) is 19.5 Å². The van der Waals surface area contributed by atoms with E-state index in [2.05, 4.69) is 4.98 Å². The number of methoxy groups -OCH3 is 1. The van der Waals surface area contributed by atoms with E-state index in [1.807, 2.05) is 43.3 Å². The van der Waals surface area contributed by atoms with Crippen LogP contribution in [0.4, 0.5) is 0 Å². The topological polar surface area (TPSA) is 42.4 Å². The van der Waals surface area contributed by atoms with E-state index in [-0.39, 0.29) is 0 Å². The van der Waals surface area contributed by atoms with Crippen molar-refractivity contribution in [1.82, 2.24) is 4.98 Å². The summed E-state index contributed by atoms with van der Waals surface area (Å²) >= 11 is 0. The van der Waals surface area contributed by atoms with Gasteiger partial charge in [0.15, 0.2) is 0 Å². The quantitative estimate of drug-likeness (QED) is 0.895. The van der Waals surface area contributed by atoms with Crippen LogP contribution in [0.25, 0.3) is 0 Å². The monoisotopic (exact) mass is 257 g/mol. The molecule has 0 amide bonds. The number of nitrogens with zero attached hydrogens (tertiary/aromatic N) is 1. The van der Waals surface area contributed by atoms with Gasteiger partial charge in [0.1, 0.15) is 5.75 Å². The number of ether oxygens (including phenoxy) is 1. The van der Waals surface area contributed by atoms with Crippen molar-refractivity contribution >= 4 is 0 Å². The maximum Gasteiger partial charge on any atom is 0.118 e. The molecule has 2 aromatic rings. The second kappa shape index (κ2) is 5.85. The summed E-state index contributed by atoms with van der Waals surface area (Å²) in [5.41, 5.74) is 1.42. The fourth-order valence-electron chi connectivity index (χ4n) is 2.19. The van der Waals surface area contributed by atoms with Crippen LogP contribution in [0, 0.1) is 0 Å². The third kappa shape index (κ3) is 4.07. The van der Waals surface area contributed by atoms with Crippen LogP contribution in [0.5, 0.6) is 5.75 Å². The van der Waals surface area contributed by atoms with Crippen LogP contribution in [0.2, 0.25) is 0 Å². The molecule has 1 unspecified atom stereocenters. The van der Waals surface area contributed by atoms with Crippen LogP contribution in [-0.2, 0) is 12.8 Å². The van der Waals surface area contributed by atoms with Crippen LogP contribution in [-0.4, -0.2) is 22.8 Å². The van der Waals surface area contributed by atoms with Crippen molar-refractivity contribution in [2.75, 3.05) is 7.11 Å². The summed E-state index contributed by atoms with van der Waals surface area (Å²) in [6, 6.07) is 11.7. The van der Waals surface area contributed by atoms with Crippen LogP contribution in [0.3, 0.4) is 0 Å². The van der Waals surface area contributed by atoms with Crippen LogP contribution < -0.4 is 4.74 Å². The van der Waals surface area contributed by atoms with Crippen LogP contribution >= 0.6 is 0 Å². The average Bonchev–Trinajstić information content (AvgIpc) is 2.39. The summed E-state index contributed by atoms with van der Waals surface area (Å²) < 4.78 is 5.13. The lowest BCUT2D eigenvalue weighted by molar-refractivity contribution is 0.0608. The maximum atomic E-state index is 10.5. The molecule has 0 spiro atoms. The Morgan fingerprint density at radius 2 is 1.53 bits per heavy atom. The van der Waals surface area contributed by atoms with E-state index in [1.165, 1.54) is 0 Å². The molecule has 1 aromatic carbocycles. The lowest BCUT2D eigenvalue weighted by atomic mass is 9.90. The van der Waals surface area contributed by atoms with Crippen molar-refractivity contribution in [3.63, 3.8) is 0 Å². The minimum atomic E-state index is -0.768. The Morgan fingerprint density at radius 3 is 2.05 bits per heavy atom. The first-order chi connectivity index (χ1) is 9.09. The minimum Gasteiger partial charge on any atom is -0.497 e. The number of hydrogen-bond donors (Lipinski definition) is 1. The number of rotatable bonds is 5. The van der Waals surface area contributed by atoms with Gasteiger partial charge in [-0.25, -0.2) is 0 Å². The molecule has 1 atom stereocenters. The van der Waals surface area contributed by atoms with Gasteiger partial charge in [0.25, 0.3) is 0 Å². The molecule has 19 heavy (non-hydrogen) atoms. The van der Waals surface area contributed by atoms with Crippen LogP contribution in [0.15, 0.2) is 48.8 Å². The van der Waals surface area contributed by atoms with Gasteiger partial charge in [-0.1, -0.05) is 12.1 Å². The molecule has 0 bridgehead atoms. The van der Waals surface area contributed by atoms with Gasteiger partial charge in [-0.3, -0.25) is 4.98 Å². The SMILES string of the molecule is COc1ccc(CC(C)(O)Cc2ccncc2)cc1. The Labute approximate surface area is 113 Å². The number of pyridine rings is 1. The van der Waals surface area contributed by atoms with Gasteiger partial charge >= 0.3 is 0 Å². The number of hydrogen-bond acceptors (Lipinski definition) is 3. The van der Waals surface area contributed by atoms with Crippen molar-refractivity contribution in [1.29, 1.82) is 0 Å². The Balaban J connectivity index is 2.03. The molecule has 100 valence electrons. The van der Waals surface area contributed by atoms with Crippen molar-refractivity contribution in [3.05, 3.63) is 59.9 Å². The molecule has 0 radical (unpaired) electrons. The highest BCUT2D eigenvalue weighted by Crippen LogP contribution is 2.20. The zero-order valence-corrected chi connectivity index (χ0v) is 11.3. The molecule has 3 heteroatoms. The molecule has 3 nitrogen and oxygen atoms in total. The fourth-order valence-corrected chi connectivity index (χ4v) is 2.19. The highest BCUT2D eigenvalue weighted by molar-refractivity contribution is 5.28. The summed E-state index contributed by atoms with van der Waals surface area (Å²) in [6.07, 6.45) is 4.72. The first kappa shape index (κ1) is 13.6. The maximum absolute atomic E-state index is 10.5. The summed E-state index contributed by atoms with van der Waals surface area (Å²) in [4.78, 5) is 3.98. The minimum absolute atomic E-state index is 0.610. The van der Waals surface area contributed by atoms with Gasteiger partial charge in [-0.05, 0) is 42.3 Å². The molecule has 0 saturated carbocycles. The fraction of sp³-hybridized carbons (Fsp3) is 0.312. The van der Waals surface area contributed by atoms with Crippen molar-refractivity contribution < 1.29 is 9.84 Å². The largest absolute Gasteiger partial charge is 0.497 e. The number of aliphatic hydroxyl groups is 1. The molecule has 0 fully saturated rings. The smallest absolute Gasteiger partial charge is 0.118 e. The first-order valence-electron chi connectivity index (χ1n) is 6.33. The van der Waals surface area contributed by atoms with E-state index >= 15 is 0 Å². The summed E-state index contributed by atoms with van der Waals surface area (Å²) in [5.74, 6) is 0.831. The highest BCUT2D eigenvalue weighted by Gasteiger charge is 2.21. The van der Waals surface area contributed by atoms with Gasteiger partial charge in [0, 0.05) is 25.2 Å². The molecule has 1 N–H and O–H groups in total. The van der Waals surface area contributed by atoms with Gasteiger partial charge in [0.05, 0.1) is 12.7 Å². The normalized spacial score (nSPS) is 13.8. The number of benzene rings is 1. The summed E-state index contributed by atoms with van der Waals surface area (Å²) in [6.45, 7) is 1.86. The second-order valence-corrected chi connectivity index (χ2v) is 5.05. The first-order valence-corrected chi connectivity index (χ1v) is 6.33. The predicted octanol–water partition coefficient (Wildman–Crippen LogP) is 2.63. The van der Waals surface area contributed by atoms with Gasteiger partial charge in [-0.15, -0.1) is 0 Å². The Bertz CT molecular complexity index is 506. The van der Waals surface area contributed by atoms with Gasteiger partial charge in [0.2, 0.25) is 0 Å². The molecular weight excluding hydrogens is 238 g/mol. The zero-order valence-electron chi connectivity index (χ0n) is 11.3. The predicted molar refractivity (Wildman–Crippen MR) is 75.3 cm³/mol. The molecule has 0 saturated heterocycles. The Morgan fingerprint density at radius 1 is 1.00 bits per heavy atom. The summed E-state index contributed by atoms with van der Waals surface area (Å²) in [7, 11) is 1.65. The summed E-state index contributed by atoms with van der Waals surface area (Å²) in [5, 5.41) is 10.5. The van der Waals surface area contributed by atoms with Crippen molar-refractivity contribution in [3.8, 4) is 5.75 Å². The average molecular weight is 257 g/mol.